The number of phenolic OH excluding ortho intramolecular Hbond substituents is 1. The number of nitrogens with zero attached hydrogens (tertiary/aromatic N) is 13. The zero-order valence-electron chi connectivity index (χ0n) is 82.0. The van der Waals surface area contributed by atoms with E-state index in [4.69, 9.17) is 43.7 Å². The van der Waals surface area contributed by atoms with Crippen LogP contribution in [0.3, 0.4) is 0 Å². The van der Waals surface area contributed by atoms with Crippen LogP contribution in [0.25, 0.3) is 55.9 Å². The molecule has 3 fully saturated rings. The Morgan fingerprint density at radius 3 is 1.31 bits per heavy atom. The Balaban J connectivity index is 0.000000133. The highest BCUT2D eigenvalue weighted by Crippen LogP contribution is 2.47. The van der Waals surface area contributed by atoms with Crippen molar-refractivity contribution in [2.45, 2.75) is 142 Å². The van der Waals surface area contributed by atoms with E-state index in [0.29, 0.717) is 23.4 Å². The fourth-order valence-electron chi connectivity index (χ4n) is 20.5. The smallest absolute Gasteiger partial charge is 0.373 e. The Morgan fingerprint density at radius 1 is 0.417 bits per heavy atom. The summed E-state index contributed by atoms with van der Waals surface area (Å²) in [6.07, 6.45) is 23.0. The standard InChI is InChI=1S/C30H35N3O3.C29H33N7.C29H33N3O3.C26H31N3.CO2/c1-35-26-9-7-8-21(17-26)16-25-20-24-19-23-18-22(30(34)36-2)10-11-27(23)28(24)29(32-25)31-12-3-4-13-33-14-5-6-15-33;1-35-33-28(32-34-35)22-11-12-26-23(18-22)19-24-20-25(17-21-9-4-2-5-10-21)31-29(27(24)26)30-13-8-16-36-14-6-3-7-15-36;1-35-29(34)21-9-10-26-22(17-21)18-23-19-24(15-20-7-6-8-25(33)16-20)31-28(27(23)26)30-11-2-3-12-32-13-4-5-14-32;1-19-11-12-24-21(15-19)17-22-18-23(16-20-9-6-5-7-10-20)27-26(25(22)24)29(4)14-8-13-28(2)3;2-1-3/h7-11,17-18,20H,3-6,12-16,19H2,1-2H3,(H,31,32);2,4-5,9-12,18,20H,3,6-8,13-17,19H2,1H3,(H,30,31);6-10,16-17,19,33H,2-5,11-15,18H2,1H3,(H,30,31);5-7,9-12,15,18H,8,13-14,16-17H2,1-4H3;. The van der Waals surface area contributed by atoms with Crippen molar-refractivity contribution in [2.24, 2.45) is 7.05 Å². The lowest BCUT2D eigenvalue weighted by Crippen LogP contribution is -2.31. The van der Waals surface area contributed by atoms with Gasteiger partial charge in [-0.15, -0.1) is 10.2 Å². The number of piperidine rings is 1. The van der Waals surface area contributed by atoms with Crippen molar-refractivity contribution in [3.8, 4) is 67.4 Å². The molecule has 139 heavy (non-hydrogen) atoms. The average Bonchev–Trinajstić information content (AvgIpc) is 1.64. The summed E-state index contributed by atoms with van der Waals surface area (Å²) in [5.41, 5.74) is 32.6. The Kier molecular flexibility index (Phi) is 34.1. The van der Waals surface area contributed by atoms with Crippen molar-refractivity contribution in [1.82, 2.24) is 59.7 Å². The average molecular weight is 1870 g/mol. The number of unbranched alkanes of at least 4 members (excludes halogenated alkanes) is 2. The van der Waals surface area contributed by atoms with Crippen LogP contribution in [0, 0.1) is 6.92 Å². The van der Waals surface area contributed by atoms with Gasteiger partial charge in [0.15, 0.2) is 0 Å². The fraction of sp³-hybridized carbons (Fsp3) is 0.374. The molecule has 20 rings (SSSR count). The van der Waals surface area contributed by atoms with E-state index in [1.807, 2.05) is 60.7 Å². The van der Waals surface area contributed by atoms with Crippen LogP contribution in [-0.2, 0) is 77.5 Å². The van der Waals surface area contributed by atoms with Gasteiger partial charge in [0.2, 0.25) is 5.82 Å². The van der Waals surface area contributed by atoms with Gasteiger partial charge >= 0.3 is 18.1 Å². The van der Waals surface area contributed by atoms with Crippen LogP contribution in [0.2, 0.25) is 0 Å². The second kappa shape index (κ2) is 48.1. The molecular formula is C115H132N16O8. The number of anilines is 4. The van der Waals surface area contributed by atoms with Crippen LogP contribution in [0.1, 0.15) is 199 Å². The number of carbonyl (C=O) groups is 2. The molecule has 0 unspecified atom stereocenters. The highest BCUT2D eigenvalue weighted by molar-refractivity contribution is 5.95. The number of tetrazole rings is 1. The summed E-state index contributed by atoms with van der Waals surface area (Å²) in [6, 6.07) is 70.8. The summed E-state index contributed by atoms with van der Waals surface area (Å²) in [6.45, 7) is 18.0. The minimum absolute atomic E-state index is 0.250. The molecule has 8 heterocycles. The predicted molar refractivity (Wildman–Crippen MR) is 552 cm³/mol. The lowest BCUT2D eigenvalue weighted by Gasteiger charge is -2.26. The van der Waals surface area contributed by atoms with Crippen molar-refractivity contribution in [3.05, 3.63) is 312 Å². The van der Waals surface area contributed by atoms with E-state index < -0.39 is 0 Å². The number of pyridine rings is 4. The Bertz CT molecular complexity index is 6420. The first-order chi connectivity index (χ1) is 67.9. The largest absolute Gasteiger partial charge is 0.508 e. The number of aromatic hydroxyl groups is 1. The van der Waals surface area contributed by atoms with E-state index in [2.05, 4.69) is 217 Å². The third-order valence-corrected chi connectivity index (χ3v) is 27.3. The molecular weight excluding hydrogens is 1730 g/mol. The second-order valence-electron chi connectivity index (χ2n) is 37.9. The molecule has 0 saturated carbocycles. The summed E-state index contributed by atoms with van der Waals surface area (Å²) < 4.78 is 15.3. The highest BCUT2D eigenvalue weighted by atomic mass is 16.5. The molecule has 7 aliphatic rings. The van der Waals surface area contributed by atoms with Crippen LogP contribution < -0.4 is 25.6 Å². The maximum absolute atomic E-state index is 12.1. The molecule has 5 aromatic heterocycles. The summed E-state index contributed by atoms with van der Waals surface area (Å²) in [5, 5.41) is 33.5. The summed E-state index contributed by atoms with van der Waals surface area (Å²) in [5.74, 6) is 5.16. The lowest BCUT2D eigenvalue weighted by atomic mass is 10.0. The SMILES string of the molecule is COC(=O)c1ccc2c(c1)Cc1cc(Cc3cccc(O)c3)nc(NCCCCN3CCCC3)c1-2.COC(=O)c1ccc2c(c1)Cc1cc(Cc3cccc(OC)c3)nc(NCCCCN3CCCC3)c1-2.Cc1ccc2c(c1)Cc1cc(Cc3ccccc3)nc(N(C)CCCN(C)C)c1-2.Cn1nnc(-c2ccc3c(c2)Cc2cc(Cc4ccccc4)nc(NCCCN4CCCCC4)c2-3)n1.O=C=O. The molecule has 13 aromatic rings. The zero-order chi connectivity index (χ0) is 96.5. The Morgan fingerprint density at radius 2 is 0.835 bits per heavy atom. The quantitative estimate of drug-likeness (QED) is 0.0216. The zero-order valence-corrected chi connectivity index (χ0v) is 82.0. The number of hydrogen-bond acceptors (Lipinski definition) is 23. The Labute approximate surface area is 818 Å². The molecule has 24 nitrogen and oxygen atoms in total. The molecule has 3 aliphatic heterocycles. The number of ether oxygens (including phenoxy) is 3. The van der Waals surface area contributed by atoms with Crippen LogP contribution in [0.5, 0.6) is 11.5 Å². The van der Waals surface area contributed by atoms with Gasteiger partial charge in [-0.2, -0.15) is 14.4 Å². The van der Waals surface area contributed by atoms with Crippen molar-refractivity contribution in [3.63, 3.8) is 0 Å². The fourth-order valence-corrected chi connectivity index (χ4v) is 20.5. The molecule has 3 saturated heterocycles. The van der Waals surface area contributed by atoms with Gasteiger partial charge in [-0.25, -0.2) is 29.5 Å². The number of rotatable bonds is 34. The number of fused-ring (bicyclic) bond motifs is 12. The monoisotopic (exact) mass is 1870 g/mol. The normalized spacial score (nSPS) is 13.9. The van der Waals surface area contributed by atoms with Crippen molar-refractivity contribution in [1.29, 1.82) is 0 Å². The first kappa shape index (κ1) is 98.4. The number of methoxy groups -OCH3 is 3. The molecule has 0 radical (unpaired) electrons. The maximum Gasteiger partial charge on any atom is 0.373 e. The topological polar surface area (TPSA) is 264 Å². The number of likely N-dealkylation sites (tertiary alicyclic amines) is 3. The molecule has 8 aromatic carbocycles. The molecule has 24 heteroatoms. The van der Waals surface area contributed by atoms with E-state index in [-0.39, 0.29) is 23.8 Å². The molecule has 0 amide bonds. The number of hydrogen-bond donors (Lipinski definition) is 4. The van der Waals surface area contributed by atoms with Gasteiger partial charge in [0.05, 0.1) is 39.5 Å². The van der Waals surface area contributed by atoms with Gasteiger partial charge in [0.1, 0.15) is 34.8 Å². The molecule has 0 atom stereocenters. The first-order valence-corrected chi connectivity index (χ1v) is 49.6. The lowest BCUT2D eigenvalue weighted by molar-refractivity contribution is -0.191. The predicted octanol–water partition coefficient (Wildman–Crippen LogP) is 19.4. The van der Waals surface area contributed by atoms with Gasteiger partial charge < -0.3 is 59.8 Å². The number of esters is 2. The van der Waals surface area contributed by atoms with E-state index in [1.165, 1.54) is 207 Å². The van der Waals surface area contributed by atoms with Crippen LogP contribution in [-0.4, -0.2) is 217 Å². The highest BCUT2D eigenvalue weighted by Gasteiger charge is 2.32. The van der Waals surface area contributed by atoms with Crippen molar-refractivity contribution < 1.29 is 38.5 Å². The minimum atomic E-state index is -0.317. The van der Waals surface area contributed by atoms with Gasteiger partial charge in [-0.05, 0) is 362 Å². The number of benzene rings is 8. The van der Waals surface area contributed by atoms with E-state index >= 15 is 0 Å². The molecule has 720 valence electrons. The van der Waals surface area contributed by atoms with E-state index in [1.54, 1.807) is 26.3 Å². The molecule has 0 spiro atoms. The molecule has 4 N–H and O–H groups in total. The minimum Gasteiger partial charge on any atom is -0.508 e. The summed E-state index contributed by atoms with van der Waals surface area (Å²) in [4.78, 5) is 74.7. The molecule has 0 bridgehead atoms. The number of nitrogens with one attached hydrogen (secondary N) is 3. The number of aryl methyl sites for hydroxylation is 2. The van der Waals surface area contributed by atoms with Crippen LogP contribution in [0.15, 0.2) is 206 Å². The number of aromatic nitrogens is 8. The van der Waals surface area contributed by atoms with Crippen LogP contribution in [0.4, 0.5) is 23.3 Å². The van der Waals surface area contributed by atoms with E-state index in [0.717, 1.165) is 206 Å². The van der Waals surface area contributed by atoms with Crippen LogP contribution >= 0.6 is 0 Å². The third kappa shape index (κ3) is 25.9. The number of carbonyl (C=O) groups excluding carboxylic acids is 4. The number of phenols is 1. The van der Waals surface area contributed by atoms with E-state index in [9.17, 15) is 14.7 Å². The van der Waals surface area contributed by atoms with Gasteiger partial charge in [-0.1, -0.05) is 139 Å². The van der Waals surface area contributed by atoms with Gasteiger partial charge in [0.25, 0.3) is 0 Å². The van der Waals surface area contributed by atoms with Crippen molar-refractivity contribution in [2.75, 3.05) is 155 Å². The first-order valence-electron chi connectivity index (χ1n) is 49.6. The third-order valence-electron chi connectivity index (χ3n) is 27.3. The second-order valence-corrected chi connectivity index (χ2v) is 37.9. The Hall–Kier alpha value is -13.6. The van der Waals surface area contributed by atoms with Crippen molar-refractivity contribution >= 4 is 41.4 Å². The van der Waals surface area contributed by atoms with Gasteiger partial charge in [0, 0.05) is 110 Å². The maximum atomic E-state index is 12.1. The summed E-state index contributed by atoms with van der Waals surface area (Å²) >= 11 is 0. The molecule has 4 aliphatic carbocycles. The summed E-state index contributed by atoms with van der Waals surface area (Å²) in [7, 11) is 12.8. The van der Waals surface area contributed by atoms with Gasteiger partial charge in [-0.3, -0.25) is 0 Å².